The fraction of sp³-hybridized carbons (Fsp3) is 0.647. The van der Waals surface area contributed by atoms with Gasteiger partial charge in [-0.3, -0.25) is 4.90 Å². The van der Waals surface area contributed by atoms with Crippen LogP contribution in [0.2, 0.25) is 0 Å². The summed E-state index contributed by atoms with van der Waals surface area (Å²) in [5, 5.41) is 3.69. The maximum atomic E-state index is 5.51. The number of nitrogens with zero attached hydrogens (tertiary/aromatic N) is 1. The first kappa shape index (κ1) is 15.3. The second kappa shape index (κ2) is 6.59. The molecule has 0 saturated carbocycles. The van der Waals surface area contributed by atoms with Crippen LogP contribution in [-0.4, -0.2) is 37.2 Å². The normalized spacial score (nSPS) is 24.4. The largest absolute Gasteiger partial charge is 0.496 e. The Morgan fingerprint density at radius 1 is 1.40 bits per heavy atom. The van der Waals surface area contributed by atoms with Gasteiger partial charge in [-0.1, -0.05) is 24.6 Å². The van der Waals surface area contributed by atoms with E-state index in [1.807, 2.05) is 0 Å². The summed E-state index contributed by atoms with van der Waals surface area (Å²) in [5.74, 6) is 1.01. The van der Waals surface area contributed by atoms with Gasteiger partial charge in [0.25, 0.3) is 0 Å². The van der Waals surface area contributed by atoms with Gasteiger partial charge in [-0.2, -0.15) is 0 Å². The Morgan fingerprint density at radius 3 is 2.90 bits per heavy atom. The average Bonchev–Trinajstić information content (AvgIpc) is 2.61. The van der Waals surface area contributed by atoms with Gasteiger partial charge in [-0.05, 0) is 45.8 Å². The number of aryl methyl sites for hydroxylation is 1. The lowest BCUT2D eigenvalue weighted by Gasteiger charge is -2.33. The summed E-state index contributed by atoms with van der Waals surface area (Å²) < 4.78 is 5.51. The number of methoxy groups -OCH3 is 1. The molecule has 1 unspecified atom stereocenters. The highest BCUT2D eigenvalue weighted by molar-refractivity contribution is 5.36. The van der Waals surface area contributed by atoms with Crippen LogP contribution in [0.3, 0.4) is 0 Å². The predicted octanol–water partition coefficient (Wildman–Crippen LogP) is 2.97. The molecule has 1 N–H and O–H groups in total. The Kier molecular flexibility index (Phi) is 5.06. The molecular formula is C17H28N2O. The maximum absolute atomic E-state index is 5.51. The first-order chi connectivity index (χ1) is 9.56. The summed E-state index contributed by atoms with van der Waals surface area (Å²) in [4.78, 5) is 2.56. The molecule has 0 bridgehead atoms. The molecular weight excluding hydrogens is 248 g/mol. The molecule has 3 nitrogen and oxygen atoms in total. The number of hydrogen-bond donors (Lipinski definition) is 1. The predicted molar refractivity (Wildman–Crippen MR) is 84.3 cm³/mol. The zero-order valence-electron chi connectivity index (χ0n) is 13.3. The van der Waals surface area contributed by atoms with Crippen molar-refractivity contribution in [1.29, 1.82) is 0 Å². The van der Waals surface area contributed by atoms with Crippen molar-refractivity contribution in [3.8, 4) is 5.75 Å². The summed E-state index contributed by atoms with van der Waals surface area (Å²) in [5.41, 5.74) is 2.83. The van der Waals surface area contributed by atoms with Gasteiger partial charge in [-0.25, -0.2) is 0 Å². The topological polar surface area (TPSA) is 24.5 Å². The molecule has 0 spiro atoms. The van der Waals surface area contributed by atoms with Crippen LogP contribution in [0.15, 0.2) is 18.2 Å². The molecule has 20 heavy (non-hydrogen) atoms. The van der Waals surface area contributed by atoms with Crippen molar-refractivity contribution in [2.75, 3.05) is 26.7 Å². The average molecular weight is 276 g/mol. The molecule has 0 amide bonds. The van der Waals surface area contributed by atoms with Gasteiger partial charge >= 0.3 is 0 Å². The number of rotatable bonds is 4. The Bertz CT molecular complexity index is 447. The lowest BCUT2D eigenvalue weighted by atomic mass is 9.98. The van der Waals surface area contributed by atoms with E-state index in [1.165, 1.54) is 17.5 Å². The van der Waals surface area contributed by atoms with E-state index in [4.69, 9.17) is 4.74 Å². The number of hydrogen-bond acceptors (Lipinski definition) is 3. The molecule has 1 heterocycles. The monoisotopic (exact) mass is 276 g/mol. The smallest absolute Gasteiger partial charge is 0.123 e. The van der Waals surface area contributed by atoms with Gasteiger partial charge in [0.05, 0.1) is 7.11 Å². The van der Waals surface area contributed by atoms with E-state index >= 15 is 0 Å². The summed E-state index contributed by atoms with van der Waals surface area (Å²) in [6.45, 7) is 11.1. The van der Waals surface area contributed by atoms with Gasteiger partial charge < -0.3 is 10.1 Å². The van der Waals surface area contributed by atoms with Gasteiger partial charge in [0.2, 0.25) is 0 Å². The second-order valence-electron chi connectivity index (χ2n) is 6.22. The Balaban J connectivity index is 2.14. The van der Waals surface area contributed by atoms with Crippen molar-refractivity contribution >= 4 is 0 Å². The summed E-state index contributed by atoms with van der Waals surface area (Å²) in [6, 6.07) is 6.45. The zero-order valence-corrected chi connectivity index (χ0v) is 13.3. The molecule has 1 fully saturated rings. The minimum atomic E-state index is 0.230. The number of benzene rings is 1. The summed E-state index contributed by atoms with van der Waals surface area (Å²) >= 11 is 0. The molecule has 3 heteroatoms. The van der Waals surface area contributed by atoms with Crippen molar-refractivity contribution < 1.29 is 4.74 Å². The van der Waals surface area contributed by atoms with Crippen LogP contribution >= 0.6 is 0 Å². The summed E-state index contributed by atoms with van der Waals surface area (Å²) in [7, 11) is 1.76. The molecule has 1 aromatic carbocycles. The fourth-order valence-electron chi connectivity index (χ4n) is 2.96. The van der Waals surface area contributed by atoms with Gasteiger partial charge in [0.1, 0.15) is 5.75 Å². The highest BCUT2D eigenvalue weighted by Crippen LogP contribution is 2.23. The first-order valence-electron chi connectivity index (χ1n) is 7.67. The van der Waals surface area contributed by atoms with Crippen LogP contribution in [0.1, 0.15) is 37.8 Å². The number of nitrogens with one attached hydrogen (secondary N) is 1. The fourth-order valence-corrected chi connectivity index (χ4v) is 2.96. The molecule has 2 rings (SSSR count). The molecule has 112 valence electrons. The quantitative estimate of drug-likeness (QED) is 0.915. The Labute approximate surface area is 123 Å². The van der Waals surface area contributed by atoms with Gasteiger partial charge in [-0.15, -0.1) is 0 Å². The van der Waals surface area contributed by atoms with Crippen molar-refractivity contribution in [2.45, 2.75) is 45.7 Å². The standard InChI is InChI=1S/C17H28N2O/c1-5-17(3)13-19(10-6-9-18-17)12-15-11-14(2)7-8-16(15)20-4/h7-8,11,18H,5-6,9-10,12-13H2,1-4H3. The lowest BCUT2D eigenvalue weighted by molar-refractivity contribution is 0.206. The van der Waals surface area contributed by atoms with Crippen molar-refractivity contribution in [3.05, 3.63) is 29.3 Å². The van der Waals surface area contributed by atoms with Crippen LogP contribution in [0.5, 0.6) is 5.75 Å². The first-order valence-corrected chi connectivity index (χ1v) is 7.67. The van der Waals surface area contributed by atoms with Crippen molar-refractivity contribution in [2.24, 2.45) is 0 Å². The van der Waals surface area contributed by atoms with Crippen LogP contribution in [0, 0.1) is 6.92 Å². The van der Waals surface area contributed by atoms with E-state index in [9.17, 15) is 0 Å². The van der Waals surface area contributed by atoms with E-state index < -0.39 is 0 Å². The van der Waals surface area contributed by atoms with E-state index in [1.54, 1.807) is 7.11 Å². The van der Waals surface area contributed by atoms with Gasteiger partial charge in [0.15, 0.2) is 0 Å². The third-order valence-corrected chi connectivity index (χ3v) is 4.39. The van der Waals surface area contributed by atoms with Crippen LogP contribution in [0.25, 0.3) is 0 Å². The minimum Gasteiger partial charge on any atom is -0.496 e. The molecule has 1 aliphatic heterocycles. The molecule has 1 atom stereocenters. The zero-order chi connectivity index (χ0) is 14.6. The third-order valence-electron chi connectivity index (χ3n) is 4.39. The molecule has 0 radical (unpaired) electrons. The Hall–Kier alpha value is -1.06. The summed E-state index contributed by atoms with van der Waals surface area (Å²) in [6.07, 6.45) is 2.37. The van der Waals surface area contributed by atoms with E-state index in [0.29, 0.717) is 0 Å². The molecule has 1 saturated heterocycles. The SMILES string of the molecule is CCC1(C)CN(Cc2cc(C)ccc2OC)CCCN1. The Morgan fingerprint density at radius 2 is 2.20 bits per heavy atom. The lowest BCUT2D eigenvalue weighted by Crippen LogP contribution is -2.48. The van der Waals surface area contributed by atoms with E-state index in [2.05, 4.69) is 49.2 Å². The molecule has 0 aliphatic carbocycles. The highest BCUT2D eigenvalue weighted by atomic mass is 16.5. The second-order valence-corrected chi connectivity index (χ2v) is 6.22. The van der Waals surface area contributed by atoms with Crippen LogP contribution in [-0.2, 0) is 6.54 Å². The van der Waals surface area contributed by atoms with Crippen molar-refractivity contribution in [3.63, 3.8) is 0 Å². The molecule has 1 aliphatic rings. The third kappa shape index (κ3) is 3.74. The van der Waals surface area contributed by atoms with Crippen LogP contribution in [0.4, 0.5) is 0 Å². The van der Waals surface area contributed by atoms with Crippen LogP contribution < -0.4 is 10.1 Å². The van der Waals surface area contributed by atoms with E-state index in [0.717, 1.165) is 38.3 Å². The number of ether oxygens (including phenoxy) is 1. The van der Waals surface area contributed by atoms with Gasteiger partial charge in [0, 0.05) is 24.2 Å². The minimum absolute atomic E-state index is 0.230. The molecule has 0 aromatic heterocycles. The maximum Gasteiger partial charge on any atom is 0.123 e. The highest BCUT2D eigenvalue weighted by Gasteiger charge is 2.27. The molecule has 1 aromatic rings. The van der Waals surface area contributed by atoms with E-state index in [-0.39, 0.29) is 5.54 Å². The van der Waals surface area contributed by atoms with Crippen molar-refractivity contribution in [1.82, 2.24) is 10.2 Å².